The summed E-state index contributed by atoms with van der Waals surface area (Å²) in [5.41, 5.74) is 3.79. The summed E-state index contributed by atoms with van der Waals surface area (Å²) in [7, 11) is 0. The Morgan fingerprint density at radius 1 is 1.35 bits per heavy atom. The third kappa shape index (κ3) is 3.55. The van der Waals surface area contributed by atoms with Gasteiger partial charge in [-0.25, -0.2) is 0 Å². The van der Waals surface area contributed by atoms with Crippen LogP contribution in [0.2, 0.25) is 0 Å². The molecule has 2 N–H and O–H groups in total. The summed E-state index contributed by atoms with van der Waals surface area (Å²) in [6.45, 7) is 5.86. The van der Waals surface area contributed by atoms with Crippen LogP contribution in [0.1, 0.15) is 43.4 Å². The molecule has 2 heteroatoms. The molecule has 1 aromatic carbocycles. The first-order valence-electron chi connectivity index (χ1n) is 6.59. The van der Waals surface area contributed by atoms with Gasteiger partial charge in [0.05, 0.1) is 5.60 Å². The molecule has 0 saturated heterocycles. The van der Waals surface area contributed by atoms with Crippen LogP contribution in [0.4, 0.5) is 0 Å². The maximum atomic E-state index is 9.82. The van der Waals surface area contributed by atoms with E-state index in [0.29, 0.717) is 0 Å². The van der Waals surface area contributed by atoms with Crippen molar-refractivity contribution >= 4 is 0 Å². The Labute approximate surface area is 104 Å². The highest BCUT2D eigenvalue weighted by atomic mass is 16.3. The number of aryl methyl sites for hydroxylation is 2. The molecule has 2 nitrogen and oxygen atoms in total. The summed E-state index contributed by atoms with van der Waals surface area (Å²) in [4.78, 5) is 0. The molecule has 94 valence electrons. The molecular formula is C15H23NO. The van der Waals surface area contributed by atoms with Gasteiger partial charge in [0.25, 0.3) is 0 Å². The quantitative estimate of drug-likeness (QED) is 0.840. The van der Waals surface area contributed by atoms with E-state index in [-0.39, 0.29) is 0 Å². The molecule has 0 amide bonds. The van der Waals surface area contributed by atoms with E-state index < -0.39 is 5.60 Å². The van der Waals surface area contributed by atoms with Gasteiger partial charge < -0.3 is 10.4 Å². The molecule has 0 fully saturated rings. The zero-order chi connectivity index (χ0) is 12.3. The van der Waals surface area contributed by atoms with Crippen LogP contribution in [0.15, 0.2) is 18.2 Å². The first kappa shape index (κ1) is 12.6. The minimum atomic E-state index is -0.569. The van der Waals surface area contributed by atoms with Crippen molar-refractivity contribution in [3.05, 3.63) is 34.9 Å². The lowest BCUT2D eigenvalue weighted by atomic mass is 9.92. The van der Waals surface area contributed by atoms with Crippen molar-refractivity contribution in [2.24, 2.45) is 0 Å². The number of hydrogen-bond donors (Lipinski definition) is 2. The van der Waals surface area contributed by atoms with Crippen LogP contribution in [0.25, 0.3) is 0 Å². The van der Waals surface area contributed by atoms with E-state index in [0.717, 1.165) is 25.9 Å². The van der Waals surface area contributed by atoms with Gasteiger partial charge in [-0.1, -0.05) is 18.2 Å². The van der Waals surface area contributed by atoms with Crippen molar-refractivity contribution in [1.29, 1.82) is 0 Å². The van der Waals surface area contributed by atoms with Gasteiger partial charge in [0, 0.05) is 6.54 Å². The molecule has 0 saturated carbocycles. The predicted octanol–water partition coefficient (Wildman–Crippen LogP) is 2.43. The second kappa shape index (κ2) is 5.19. The predicted molar refractivity (Wildman–Crippen MR) is 71.1 cm³/mol. The van der Waals surface area contributed by atoms with Crippen molar-refractivity contribution in [3.8, 4) is 0 Å². The number of fused-ring (bicyclic) bond motifs is 1. The molecule has 1 heterocycles. The largest absolute Gasteiger partial charge is 0.390 e. The van der Waals surface area contributed by atoms with Crippen LogP contribution in [0.5, 0.6) is 0 Å². The molecule has 0 unspecified atom stereocenters. The van der Waals surface area contributed by atoms with Crippen molar-refractivity contribution in [3.63, 3.8) is 0 Å². The number of rotatable bonds is 3. The van der Waals surface area contributed by atoms with E-state index in [2.05, 4.69) is 23.5 Å². The fraction of sp³-hybridized carbons (Fsp3) is 0.600. The fourth-order valence-corrected chi connectivity index (χ4v) is 2.44. The zero-order valence-electron chi connectivity index (χ0n) is 10.9. The van der Waals surface area contributed by atoms with Crippen LogP contribution in [0, 0.1) is 0 Å². The minimum absolute atomic E-state index is 0.569. The molecule has 0 atom stereocenters. The van der Waals surface area contributed by atoms with Crippen molar-refractivity contribution in [2.45, 2.75) is 51.7 Å². The highest BCUT2D eigenvalue weighted by molar-refractivity contribution is 5.36. The van der Waals surface area contributed by atoms with Crippen molar-refractivity contribution in [2.75, 3.05) is 6.54 Å². The lowest BCUT2D eigenvalue weighted by molar-refractivity contribution is 0.0713. The van der Waals surface area contributed by atoms with E-state index >= 15 is 0 Å². The summed E-state index contributed by atoms with van der Waals surface area (Å²) >= 11 is 0. The monoisotopic (exact) mass is 233 g/mol. The lowest BCUT2D eigenvalue weighted by Gasteiger charge is -2.19. The molecule has 1 aromatic rings. The third-order valence-corrected chi connectivity index (χ3v) is 3.48. The molecular weight excluding hydrogens is 210 g/mol. The molecule has 1 aliphatic rings. The Hall–Kier alpha value is -0.860. The van der Waals surface area contributed by atoms with E-state index in [1.165, 1.54) is 29.5 Å². The minimum Gasteiger partial charge on any atom is -0.390 e. The van der Waals surface area contributed by atoms with Gasteiger partial charge in [-0.15, -0.1) is 0 Å². The van der Waals surface area contributed by atoms with E-state index in [1.807, 2.05) is 13.8 Å². The number of hydrogen-bond acceptors (Lipinski definition) is 2. The average Bonchev–Trinajstić information content (AvgIpc) is 2.50. The lowest BCUT2D eigenvalue weighted by Crippen LogP contribution is -2.20. The van der Waals surface area contributed by atoms with E-state index in [9.17, 15) is 5.11 Å². The Morgan fingerprint density at radius 3 is 2.94 bits per heavy atom. The second-order valence-electron chi connectivity index (χ2n) is 5.65. The molecule has 0 spiro atoms. The summed E-state index contributed by atoms with van der Waals surface area (Å²) < 4.78 is 0. The fourth-order valence-electron chi connectivity index (χ4n) is 2.44. The smallest absolute Gasteiger partial charge is 0.0594 e. The Balaban J connectivity index is 2.17. The maximum absolute atomic E-state index is 9.82. The molecule has 1 aliphatic heterocycles. The van der Waals surface area contributed by atoms with Gasteiger partial charge in [-0.2, -0.15) is 0 Å². The Bertz CT molecular complexity index is 379. The molecule has 17 heavy (non-hydrogen) atoms. The van der Waals surface area contributed by atoms with E-state index in [4.69, 9.17) is 0 Å². The maximum Gasteiger partial charge on any atom is 0.0594 e. The highest BCUT2D eigenvalue weighted by Gasteiger charge is 2.15. The Kier molecular flexibility index (Phi) is 3.85. The summed E-state index contributed by atoms with van der Waals surface area (Å²) in [6.07, 6.45) is 4.19. The van der Waals surface area contributed by atoms with Gasteiger partial charge >= 0.3 is 0 Å². The number of nitrogens with one attached hydrogen (secondary N) is 1. The summed E-state index contributed by atoms with van der Waals surface area (Å²) in [5, 5.41) is 13.3. The van der Waals surface area contributed by atoms with Crippen LogP contribution in [0.3, 0.4) is 0 Å². The van der Waals surface area contributed by atoms with Crippen molar-refractivity contribution < 1.29 is 5.11 Å². The Morgan fingerprint density at radius 2 is 2.18 bits per heavy atom. The van der Waals surface area contributed by atoms with Gasteiger partial charge in [-0.3, -0.25) is 0 Å². The highest BCUT2D eigenvalue weighted by Crippen LogP contribution is 2.22. The van der Waals surface area contributed by atoms with E-state index in [1.54, 1.807) is 0 Å². The first-order valence-corrected chi connectivity index (χ1v) is 6.59. The number of aliphatic hydroxyl groups is 1. The van der Waals surface area contributed by atoms with Crippen LogP contribution in [-0.4, -0.2) is 17.3 Å². The summed E-state index contributed by atoms with van der Waals surface area (Å²) in [5.74, 6) is 0. The molecule has 0 aliphatic carbocycles. The molecule has 0 aromatic heterocycles. The zero-order valence-corrected chi connectivity index (χ0v) is 10.9. The van der Waals surface area contributed by atoms with Gasteiger partial charge in [0.1, 0.15) is 0 Å². The first-order chi connectivity index (χ1) is 8.06. The number of benzene rings is 1. The molecule has 2 rings (SSSR count). The standard InChI is InChI=1S/C15H23NO/c1-15(2,17)9-8-13-6-3-5-12-7-4-10-16-11-14(12)13/h3,5-6,16-17H,4,7-11H2,1-2H3. The third-order valence-electron chi connectivity index (χ3n) is 3.48. The molecule has 0 radical (unpaired) electrons. The van der Waals surface area contributed by atoms with Crippen LogP contribution >= 0.6 is 0 Å². The second-order valence-corrected chi connectivity index (χ2v) is 5.65. The van der Waals surface area contributed by atoms with Gasteiger partial charge in [0.2, 0.25) is 0 Å². The van der Waals surface area contributed by atoms with Crippen LogP contribution < -0.4 is 5.32 Å². The normalized spacial score (nSPS) is 16.4. The SMILES string of the molecule is CC(C)(O)CCc1cccc2c1CNCCC2. The van der Waals surface area contributed by atoms with Gasteiger partial charge in [0.15, 0.2) is 0 Å². The summed E-state index contributed by atoms with van der Waals surface area (Å²) in [6, 6.07) is 6.61. The van der Waals surface area contributed by atoms with Crippen molar-refractivity contribution in [1.82, 2.24) is 5.32 Å². The van der Waals surface area contributed by atoms with Crippen LogP contribution in [-0.2, 0) is 19.4 Å². The molecule has 0 bridgehead atoms. The van der Waals surface area contributed by atoms with Gasteiger partial charge in [-0.05, 0) is 62.8 Å². The topological polar surface area (TPSA) is 32.3 Å². The average molecular weight is 233 g/mol.